The van der Waals surface area contributed by atoms with Crippen molar-refractivity contribution in [1.29, 1.82) is 0 Å². The minimum atomic E-state index is -0.401. The van der Waals surface area contributed by atoms with Crippen LogP contribution in [-0.2, 0) is 9.59 Å². The molecule has 1 aromatic heterocycles. The van der Waals surface area contributed by atoms with Gasteiger partial charge in [0.1, 0.15) is 5.75 Å². The van der Waals surface area contributed by atoms with E-state index in [9.17, 15) is 9.59 Å². The van der Waals surface area contributed by atoms with Gasteiger partial charge in [-0.3, -0.25) is 9.59 Å². The molecule has 0 unspecified atom stereocenters. The van der Waals surface area contributed by atoms with Crippen LogP contribution in [0.1, 0.15) is 10.4 Å². The Balaban J connectivity index is 1.76. The number of nitrogens with one attached hydrogen (secondary N) is 2. The van der Waals surface area contributed by atoms with Gasteiger partial charge in [-0.25, -0.2) is 5.43 Å². The summed E-state index contributed by atoms with van der Waals surface area (Å²) >= 11 is 1.51. The summed E-state index contributed by atoms with van der Waals surface area (Å²) in [5.41, 5.74) is 3.12. The van der Waals surface area contributed by atoms with E-state index in [0.29, 0.717) is 5.75 Å². The fraction of sp³-hybridized carbons (Fsp3) is 0.118. The Labute approximate surface area is 143 Å². The summed E-state index contributed by atoms with van der Waals surface area (Å²) in [7, 11) is 1.56. The van der Waals surface area contributed by atoms with E-state index in [1.54, 1.807) is 25.5 Å². The third-order valence-electron chi connectivity index (χ3n) is 2.90. The van der Waals surface area contributed by atoms with Gasteiger partial charge in [0.2, 0.25) is 5.91 Å². The Hall–Kier alpha value is -2.93. The molecule has 2 amide bonds. The number of hydrogen-bond donors (Lipinski definition) is 2. The smallest absolute Gasteiger partial charge is 0.259 e. The average molecular weight is 343 g/mol. The number of carbonyl (C=O) groups excluding carboxylic acids is 2. The topological polar surface area (TPSA) is 79.8 Å². The predicted molar refractivity (Wildman–Crippen MR) is 95.1 cm³/mol. The second kappa shape index (κ2) is 9.26. The molecule has 2 N–H and O–H groups in total. The standard InChI is InChI=1S/C17H17N3O3S/c1-23-15-7-3-2-5-13(15)8-9-16(21)18-12-17(22)20-19-11-14-6-4-10-24-14/h2-11H,12H2,1H3,(H,18,21)(H,20,22)/b9-8+,19-11+. The molecule has 24 heavy (non-hydrogen) atoms. The summed E-state index contributed by atoms with van der Waals surface area (Å²) < 4.78 is 5.19. The lowest BCUT2D eigenvalue weighted by Gasteiger charge is -2.03. The molecule has 6 nitrogen and oxygen atoms in total. The van der Waals surface area contributed by atoms with Gasteiger partial charge >= 0.3 is 0 Å². The maximum absolute atomic E-state index is 11.7. The van der Waals surface area contributed by atoms with Crippen molar-refractivity contribution in [3.05, 3.63) is 58.3 Å². The van der Waals surface area contributed by atoms with Gasteiger partial charge in [-0.15, -0.1) is 11.3 Å². The molecule has 7 heteroatoms. The largest absolute Gasteiger partial charge is 0.496 e. The molecule has 0 saturated heterocycles. The molecular formula is C17H17N3O3S. The van der Waals surface area contributed by atoms with E-state index in [-0.39, 0.29) is 12.5 Å². The van der Waals surface area contributed by atoms with E-state index in [0.717, 1.165) is 10.4 Å². The van der Waals surface area contributed by atoms with Crippen molar-refractivity contribution in [2.45, 2.75) is 0 Å². The number of ether oxygens (including phenoxy) is 1. The summed E-state index contributed by atoms with van der Waals surface area (Å²) in [6, 6.07) is 11.1. The van der Waals surface area contributed by atoms with Gasteiger partial charge in [0.05, 0.1) is 19.9 Å². The SMILES string of the molecule is COc1ccccc1/C=C/C(=O)NCC(=O)N/N=C/c1cccs1. The van der Waals surface area contributed by atoms with Gasteiger partial charge in [-0.05, 0) is 23.6 Å². The number of amides is 2. The molecule has 0 spiro atoms. The van der Waals surface area contributed by atoms with Gasteiger partial charge in [0.15, 0.2) is 0 Å². The van der Waals surface area contributed by atoms with Crippen LogP contribution in [0.3, 0.4) is 0 Å². The molecule has 0 atom stereocenters. The number of para-hydroxylation sites is 1. The Bertz CT molecular complexity index is 739. The van der Waals surface area contributed by atoms with Gasteiger partial charge in [0, 0.05) is 16.5 Å². The Morgan fingerprint density at radius 1 is 1.25 bits per heavy atom. The highest BCUT2D eigenvalue weighted by Crippen LogP contribution is 2.18. The number of carbonyl (C=O) groups is 2. The second-order valence-electron chi connectivity index (χ2n) is 4.60. The van der Waals surface area contributed by atoms with Crippen molar-refractivity contribution in [2.24, 2.45) is 5.10 Å². The number of methoxy groups -OCH3 is 1. The van der Waals surface area contributed by atoms with E-state index in [4.69, 9.17) is 4.74 Å². The lowest BCUT2D eigenvalue weighted by atomic mass is 10.2. The molecule has 0 bridgehead atoms. The zero-order valence-corrected chi connectivity index (χ0v) is 13.9. The molecule has 0 radical (unpaired) electrons. The third-order valence-corrected chi connectivity index (χ3v) is 3.71. The molecule has 0 aliphatic heterocycles. The van der Waals surface area contributed by atoms with E-state index in [1.807, 2.05) is 35.7 Å². The number of thiophene rings is 1. The van der Waals surface area contributed by atoms with Gasteiger partial charge in [-0.2, -0.15) is 5.10 Å². The summed E-state index contributed by atoms with van der Waals surface area (Å²) in [4.78, 5) is 24.2. The van der Waals surface area contributed by atoms with Crippen LogP contribution in [0.4, 0.5) is 0 Å². The summed E-state index contributed by atoms with van der Waals surface area (Å²) in [6.45, 7) is -0.156. The van der Waals surface area contributed by atoms with Crippen LogP contribution in [0.5, 0.6) is 5.75 Å². The molecule has 0 aliphatic rings. The molecule has 0 saturated carbocycles. The Morgan fingerprint density at radius 2 is 2.08 bits per heavy atom. The van der Waals surface area contributed by atoms with Crippen molar-refractivity contribution < 1.29 is 14.3 Å². The first-order valence-corrected chi connectivity index (χ1v) is 8.01. The van der Waals surface area contributed by atoms with Gasteiger partial charge in [-0.1, -0.05) is 24.3 Å². The van der Waals surface area contributed by atoms with E-state index >= 15 is 0 Å². The predicted octanol–water partition coefficient (Wildman–Crippen LogP) is 2.04. The van der Waals surface area contributed by atoms with Crippen LogP contribution < -0.4 is 15.5 Å². The maximum Gasteiger partial charge on any atom is 0.259 e. The highest BCUT2D eigenvalue weighted by Gasteiger charge is 2.03. The zero-order chi connectivity index (χ0) is 17.2. The molecule has 2 aromatic rings. The van der Waals surface area contributed by atoms with Crippen molar-refractivity contribution >= 4 is 35.4 Å². The van der Waals surface area contributed by atoms with Crippen molar-refractivity contribution in [1.82, 2.24) is 10.7 Å². The number of nitrogens with zero attached hydrogens (tertiary/aromatic N) is 1. The molecule has 1 aromatic carbocycles. The van der Waals surface area contributed by atoms with E-state index < -0.39 is 5.91 Å². The molecule has 0 aliphatic carbocycles. The van der Waals surface area contributed by atoms with Crippen LogP contribution in [0.2, 0.25) is 0 Å². The van der Waals surface area contributed by atoms with Crippen LogP contribution >= 0.6 is 11.3 Å². The normalized spacial score (nSPS) is 10.9. The van der Waals surface area contributed by atoms with E-state index in [2.05, 4.69) is 15.8 Å². The van der Waals surface area contributed by atoms with Crippen LogP contribution in [0.25, 0.3) is 6.08 Å². The Kier molecular flexibility index (Phi) is 6.73. The molecule has 1 heterocycles. The van der Waals surface area contributed by atoms with Crippen molar-refractivity contribution in [3.63, 3.8) is 0 Å². The van der Waals surface area contributed by atoms with Crippen molar-refractivity contribution in [3.8, 4) is 5.75 Å². The fourth-order valence-electron chi connectivity index (χ4n) is 1.77. The van der Waals surface area contributed by atoms with Crippen LogP contribution in [0, 0.1) is 0 Å². The summed E-state index contributed by atoms with van der Waals surface area (Å²) in [5, 5.41) is 8.21. The fourth-order valence-corrected chi connectivity index (χ4v) is 2.35. The molecule has 124 valence electrons. The highest BCUT2D eigenvalue weighted by atomic mass is 32.1. The van der Waals surface area contributed by atoms with Gasteiger partial charge < -0.3 is 10.1 Å². The number of benzene rings is 1. The minimum Gasteiger partial charge on any atom is -0.496 e. The van der Waals surface area contributed by atoms with Crippen LogP contribution in [-0.4, -0.2) is 31.7 Å². The van der Waals surface area contributed by atoms with E-state index in [1.165, 1.54) is 17.4 Å². The first-order chi connectivity index (χ1) is 11.7. The lowest BCUT2D eigenvalue weighted by molar-refractivity contribution is -0.123. The average Bonchev–Trinajstić information content (AvgIpc) is 3.11. The Morgan fingerprint density at radius 3 is 2.83 bits per heavy atom. The van der Waals surface area contributed by atoms with Crippen LogP contribution in [0.15, 0.2) is 53.0 Å². The monoisotopic (exact) mass is 343 g/mol. The number of hydrazone groups is 1. The molecule has 2 rings (SSSR count). The highest BCUT2D eigenvalue weighted by molar-refractivity contribution is 7.11. The lowest BCUT2D eigenvalue weighted by Crippen LogP contribution is -2.34. The number of hydrogen-bond acceptors (Lipinski definition) is 5. The molecule has 0 fully saturated rings. The van der Waals surface area contributed by atoms with Crippen molar-refractivity contribution in [2.75, 3.05) is 13.7 Å². The molecular weight excluding hydrogens is 326 g/mol. The summed E-state index contributed by atoms with van der Waals surface area (Å²) in [5.74, 6) is -0.109. The minimum absolute atomic E-state index is 0.156. The van der Waals surface area contributed by atoms with Gasteiger partial charge in [0.25, 0.3) is 5.91 Å². The third kappa shape index (κ3) is 5.69. The maximum atomic E-state index is 11.7. The summed E-state index contributed by atoms with van der Waals surface area (Å²) in [6.07, 6.45) is 4.52. The first kappa shape index (κ1) is 17.4. The quantitative estimate of drug-likeness (QED) is 0.459. The zero-order valence-electron chi connectivity index (χ0n) is 13.1. The first-order valence-electron chi connectivity index (χ1n) is 7.13. The second-order valence-corrected chi connectivity index (χ2v) is 5.58. The number of rotatable bonds is 7.